The van der Waals surface area contributed by atoms with Gasteiger partial charge in [-0.15, -0.1) is 11.3 Å². The van der Waals surface area contributed by atoms with Crippen LogP contribution in [0.25, 0.3) is 21.3 Å². The van der Waals surface area contributed by atoms with E-state index in [-0.39, 0.29) is 23.0 Å². The molecule has 28 heavy (non-hydrogen) atoms. The highest BCUT2D eigenvalue weighted by molar-refractivity contribution is 7.99. The van der Waals surface area contributed by atoms with Crippen molar-refractivity contribution in [2.24, 2.45) is 0 Å². The molecule has 0 aliphatic heterocycles. The highest BCUT2D eigenvalue weighted by Crippen LogP contribution is 2.36. The van der Waals surface area contributed by atoms with Crippen LogP contribution < -0.4 is 10.9 Å². The smallest absolute Gasteiger partial charge is 0.263 e. The molecule has 1 aliphatic rings. The number of carbonyl (C=O) groups excluding carboxylic acids is 1. The van der Waals surface area contributed by atoms with E-state index in [9.17, 15) is 14.0 Å². The van der Waals surface area contributed by atoms with Crippen molar-refractivity contribution in [3.63, 3.8) is 0 Å². The second kappa shape index (κ2) is 7.67. The maximum absolute atomic E-state index is 13.3. The second-order valence-electron chi connectivity index (χ2n) is 6.79. The molecule has 0 bridgehead atoms. The molecule has 5 nitrogen and oxygen atoms in total. The normalized spacial score (nSPS) is 13.8. The second-order valence-corrected chi connectivity index (χ2v) is 8.94. The third kappa shape index (κ3) is 3.71. The summed E-state index contributed by atoms with van der Waals surface area (Å²) in [5.74, 6) is -0.101. The number of carbonyl (C=O) groups is 1. The molecule has 0 atom stereocenters. The molecule has 1 fully saturated rings. The molecule has 0 unspecified atom stereocenters. The van der Waals surface area contributed by atoms with Gasteiger partial charge in [-0.25, -0.2) is 9.37 Å². The number of halogens is 1. The first-order chi connectivity index (χ1) is 13.5. The van der Waals surface area contributed by atoms with Gasteiger partial charge < -0.3 is 5.32 Å². The van der Waals surface area contributed by atoms with Crippen LogP contribution in [0.15, 0.2) is 34.2 Å². The number of hydrogen-bond donors (Lipinski definition) is 1. The van der Waals surface area contributed by atoms with Gasteiger partial charge in [0.2, 0.25) is 5.91 Å². The van der Waals surface area contributed by atoms with Crippen LogP contribution in [0.5, 0.6) is 0 Å². The fraction of sp³-hybridized carbons (Fsp3) is 0.350. The summed E-state index contributed by atoms with van der Waals surface area (Å²) in [6, 6.07) is 6.48. The molecule has 0 radical (unpaired) electrons. The predicted octanol–water partition coefficient (Wildman–Crippen LogP) is 3.96. The first kappa shape index (κ1) is 19.1. The van der Waals surface area contributed by atoms with Crippen LogP contribution >= 0.6 is 23.1 Å². The molecule has 1 saturated carbocycles. The summed E-state index contributed by atoms with van der Waals surface area (Å²) in [4.78, 5) is 31.5. The number of hydrogen-bond acceptors (Lipinski definition) is 5. The lowest BCUT2D eigenvalue weighted by Gasteiger charge is -2.10. The van der Waals surface area contributed by atoms with E-state index in [0.29, 0.717) is 28.0 Å². The van der Waals surface area contributed by atoms with E-state index < -0.39 is 0 Å². The number of thioether (sulfide) groups is 1. The fourth-order valence-electron chi connectivity index (χ4n) is 3.16. The van der Waals surface area contributed by atoms with E-state index in [1.807, 2.05) is 13.8 Å². The molecule has 0 spiro atoms. The average Bonchev–Trinajstić information content (AvgIpc) is 3.41. The number of nitrogens with one attached hydrogen (secondary N) is 1. The van der Waals surface area contributed by atoms with Crippen molar-refractivity contribution < 1.29 is 9.18 Å². The third-order valence-corrected chi connectivity index (χ3v) is 6.65. The van der Waals surface area contributed by atoms with Gasteiger partial charge in [0.05, 0.1) is 11.1 Å². The molecule has 4 rings (SSSR count). The van der Waals surface area contributed by atoms with Gasteiger partial charge in [0.1, 0.15) is 10.6 Å². The molecular weight excluding hydrogens is 397 g/mol. The van der Waals surface area contributed by atoms with Crippen molar-refractivity contribution in [3.05, 3.63) is 45.3 Å². The molecule has 1 N–H and O–H groups in total. The van der Waals surface area contributed by atoms with Gasteiger partial charge >= 0.3 is 0 Å². The van der Waals surface area contributed by atoms with Crippen molar-refractivity contribution in [3.8, 4) is 11.1 Å². The summed E-state index contributed by atoms with van der Waals surface area (Å²) < 4.78 is 14.9. The van der Waals surface area contributed by atoms with Crippen molar-refractivity contribution in [1.82, 2.24) is 14.9 Å². The zero-order chi connectivity index (χ0) is 19.8. The topological polar surface area (TPSA) is 64.0 Å². The molecule has 8 heteroatoms. The van der Waals surface area contributed by atoms with E-state index in [1.54, 1.807) is 16.7 Å². The Bertz CT molecular complexity index is 1100. The average molecular weight is 418 g/mol. The first-order valence-electron chi connectivity index (χ1n) is 9.20. The summed E-state index contributed by atoms with van der Waals surface area (Å²) in [5, 5.41) is 4.06. The number of nitrogens with zero attached hydrogens (tertiary/aromatic N) is 2. The number of thiophene rings is 1. The SMILES string of the molecule is CCn1c(SCC(=O)NC2CC2)nc2sc(C)c(-c3ccc(F)cc3)c2c1=O. The minimum absolute atomic E-state index is 0.0288. The Kier molecular flexibility index (Phi) is 5.25. The Labute approximate surface area is 170 Å². The number of amides is 1. The highest BCUT2D eigenvalue weighted by Gasteiger charge is 2.24. The van der Waals surface area contributed by atoms with E-state index in [2.05, 4.69) is 10.3 Å². The van der Waals surface area contributed by atoms with Crippen molar-refractivity contribution in [1.29, 1.82) is 0 Å². The van der Waals surface area contributed by atoms with Gasteiger partial charge in [0.15, 0.2) is 5.16 Å². The van der Waals surface area contributed by atoms with Crippen molar-refractivity contribution >= 4 is 39.2 Å². The molecule has 0 saturated heterocycles. The number of aryl methyl sites for hydroxylation is 1. The Morgan fingerprint density at radius 3 is 2.71 bits per heavy atom. The molecule has 2 aromatic heterocycles. The van der Waals surface area contributed by atoms with Crippen molar-refractivity contribution in [2.45, 2.75) is 44.4 Å². The maximum Gasteiger partial charge on any atom is 0.263 e. The zero-order valence-corrected chi connectivity index (χ0v) is 17.3. The lowest BCUT2D eigenvalue weighted by atomic mass is 10.0. The van der Waals surface area contributed by atoms with Crippen LogP contribution in [0.4, 0.5) is 4.39 Å². The number of fused-ring (bicyclic) bond motifs is 1. The van der Waals surface area contributed by atoms with Gasteiger partial charge in [-0.05, 0) is 44.4 Å². The monoisotopic (exact) mass is 417 g/mol. The number of benzene rings is 1. The molecule has 146 valence electrons. The van der Waals surface area contributed by atoms with Crippen LogP contribution in [0.2, 0.25) is 0 Å². The summed E-state index contributed by atoms with van der Waals surface area (Å²) in [7, 11) is 0. The highest BCUT2D eigenvalue weighted by atomic mass is 32.2. The van der Waals surface area contributed by atoms with E-state index >= 15 is 0 Å². The summed E-state index contributed by atoms with van der Waals surface area (Å²) >= 11 is 2.74. The molecule has 1 amide bonds. The Hall–Kier alpha value is -2.19. The Morgan fingerprint density at radius 1 is 1.36 bits per heavy atom. The summed E-state index contributed by atoms with van der Waals surface area (Å²) in [5.41, 5.74) is 1.49. The molecule has 1 aliphatic carbocycles. The summed E-state index contributed by atoms with van der Waals surface area (Å²) in [6.07, 6.45) is 2.09. The Morgan fingerprint density at radius 2 is 2.07 bits per heavy atom. The van der Waals surface area contributed by atoms with Gasteiger partial charge in [-0.1, -0.05) is 23.9 Å². The standard InChI is InChI=1S/C20H20FN3O2S2/c1-3-24-19(26)17-16(12-4-6-13(21)7-5-12)11(2)28-18(17)23-20(24)27-10-15(25)22-14-8-9-14/h4-7,14H,3,8-10H2,1-2H3,(H,22,25). The third-order valence-electron chi connectivity index (χ3n) is 4.68. The van der Waals surface area contributed by atoms with Crippen LogP contribution in [-0.4, -0.2) is 27.3 Å². The number of rotatable bonds is 6. The summed E-state index contributed by atoms with van der Waals surface area (Å²) in [6.45, 7) is 4.29. The lowest BCUT2D eigenvalue weighted by molar-refractivity contribution is -0.118. The van der Waals surface area contributed by atoms with E-state index in [1.165, 1.54) is 35.2 Å². The lowest BCUT2D eigenvalue weighted by Crippen LogP contribution is -2.28. The zero-order valence-electron chi connectivity index (χ0n) is 15.6. The van der Waals surface area contributed by atoms with Crippen LogP contribution in [0.3, 0.4) is 0 Å². The van der Waals surface area contributed by atoms with Crippen molar-refractivity contribution in [2.75, 3.05) is 5.75 Å². The minimum atomic E-state index is -0.312. The van der Waals surface area contributed by atoms with E-state index in [4.69, 9.17) is 0 Å². The Balaban J connectivity index is 1.74. The van der Waals surface area contributed by atoms with Gasteiger partial charge in [0.25, 0.3) is 5.56 Å². The molecule has 3 aromatic rings. The van der Waals surface area contributed by atoms with Crippen LogP contribution in [0, 0.1) is 12.7 Å². The molecular formula is C20H20FN3O2S2. The predicted molar refractivity (Wildman–Crippen MR) is 112 cm³/mol. The largest absolute Gasteiger partial charge is 0.353 e. The quantitative estimate of drug-likeness (QED) is 0.487. The molecule has 1 aromatic carbocycles. The number of aromatic nitrogens is 2. The fourth-order valence-corrected chi connectivity index (χ4v) is 5.12. The van der Waals surface area contributed by atoms with Crippen LogP contribution in [-0.2, 0) is 11.3 Å². The minimum Gasteiger partial charge on any atom is -0.353 e. The van der Waals surface area contributed by atoms with Gasteiger partial charge in [-0.2, -0.15) is 0 Å². The first-order valence-corrected chi connectivity index (χ1v) is 11.0. The van der Waals surface area contributed by atoms with Crippen LogP contribution in [0.1, 0.15) is 24.6 Å². The molecule has 2 heterocycles. The van der Waals surface area contributed by atoms with Gasteiger partial charge in [0, 0.05) is 23.0 Å². The maximum atomic E-state index is 13.3. The van der Waals surface area contributed by atoms with Gasteiger partial charge in [-0.3, -0.25) is 14.2 Å². The van der Waals surface area contributed by atoms with E-state index in [0.717, 1.165) is 28.8 Å².